The van der Waals surface area contributed by atoms with Crippen LogP contribution in [0.25, 0.3) is 18.2 Å². The molecule has 0 N–H and O–H groups in total. The van der Waals surface area contributed by atoms with Crippen molar-refractivity contribution >= 4 is 29.6 Å². The van der Waals surface area contributed by atoms with Gasteiger partial charge in [0.05, 0.1) is 0 Å². The second kappa shape index (κ2) is 15.6. The molecule has 3 nitrogen and oxygen atoms in total. The van der Waals surface area contributed by atoms with E-state index in [0.717, 1.165) is 11.1 Å². The quantitative estimate of drug-likeness (QED) is 0.626. The Morgan fingerprint density at radius 3 is 1.35 bits per heavy atom. The van der Waals surface area contributed by atoms with E-state index < -0.39 is 11.4 Å². The van der Waals surface area contributed by atoms with Gasteiger partial charge in [0, 0.05) is 0 Å². The zero-order valence-corrected chi connectivity index (χ0v) is 16.0. The number of rotatable bonds is 3. The molecule has 0 heterocycles. The third kappa shape index (κ3) is 12.9. The number of hydrogen-bond acceptors (Lipinski definition) is 3. The van der Waals surface area contributed by atoms with Gasteiger partial charge in [0.15, 0.2) is 0 Å². The van der Waals surface area contributed by atoms with E-state index in [1.54, 1.807) is 0 Å². The van der Waals surface area contributed by atoms with Crippen molar-refractivity contribution in [3.63, 3.8) is 0 Å². The average Bonchev–Trinajstić information content (AvgIpc) is 2.55. The molecule has 0 atom stereocenters. The molecule has 0 amide bonds. The summed E-state index contributed by atoms with van der Waals surface area (Å²) in [6.07, 6.45) is 5.49. The fraction of sp³-hybridized carbons (Fsp3) is 0. The predicted octanol–water partition coefficient (Wildman–Crippen LogP) is 1.30. The molecule has 0 aliphatic heterocycles. The van der Waals surface area contributed by atoms with Crippen LogP contribution in [-0.2, 0) is 11.4 Å². The maximum Gasteiger partial charge on any atom is 1.00 e. The summed E-state index contributed by atoms with van der Waals surface area (Å²) in [4.78, 5) is 0. The Hall–Kier alpha value is -1.27. The summed E-state index contributed by atoms with van der Waals surface area (Å²) in [6.45, 7) is 11.0. The predicted molar refractivity (Wildman–Crippen MR) is 92.9 cm³/mol. The first-order chi connectivity index (χ1) is 10.5. The van der Waals surface area contributed by atoms with Gasteiger partial charge in [0.2, 0.25) is 0 Å². The molecule has 0 spiro atoms. The van der Waals surface area contributed by atoms with Crippen molar-refractivity contribution in [2.24, 2.45) is 0 Å². The fourth-order valence-electron chi connectivity index (χ4n) is 1.47. The maximum absolute atomic E-state index is 8.44. The van der Waals surface area contributed by atoms with Gasteiger partial charge in [-0.05, 0) is 16.7 Å². The smallest absolute Gasteiger partial charge is 0.784 e. The Morgan fingerprint density at radius 1 is 0.739 bits per heavy atom. The van der Waals surface area contributed by atoms with Crippen LogP contribution in [0.3, 0.4) is 0 Å². The number of hydrogen-bond donors (Lipinski definition) is 0. The van der Waals surface area contributed by atoms with Crippen molar-refractivity contribution < 1.29 is 42.9 Å². The molecule has 116 valence electrons. The summed E-state index contributed by atoms with van der Waals surface area (Å²) in [5.41, 5.74) is 3.45. The Bertz CT molecular complexity index is 582. The molecular weight excluding hydrogens is 319 g/mol. The average molecular weight is 337 g/mol. The summed E-state index contributed by atoms with van der Waals surface area (Å²) < 4.78 is 25.3. The van der Waals surface area contributed by atoms with Crippen molar-refractivity contribution in [1.82, 2.24) is 0 Å². The first-order valence-electron chi connectivity index (χ1n) is 6.33. The van der Waals surface area contributed by atoms with Gasteiger partial charge in [-0.15, -0.1) is 11.4 Å². The molecule has 0 bridgehead atoms. The van der Waals surface area contributed by atoms with Crippen molar-refractivity contribution in [3.05, 3.63) is 91.0 Å². The van der Waals surface area contributed by atoms with Crippen LogP contribution >= 0.6 is 0 Å². The second-order valence-electron chi connectivity index (χ2n) is 3.86. The molecule has 0 aliphatic carbocycles. The molecule has 2 rings (SSSR count). The first-order valence-corrected chi connectivity index (χ1v) is 7.33. The van der Waals surface area contributed by atoms with Crippen LogP contribution in [-0.4, -0.2) is 13.3 Å². The molecule has 0 aliphatic rings. The molecule has 0 saturated carbocycles. The van der Waals surface area contributed by atoms with E-state index in [9.17, 15) is 0 Å². The molecule has 0 saturated heterocycles. The molecular formula is C18H18NaO3S-. The van der Waals surface area contributed by atoms with E-state index in [2.05, 4.69) is 19.7 Å². The number of benzene rings is 2. The summed E-state index contributed by atoms with van der Waals surface area (Å²) in [7, 11) is 0. The van der Waals surface area contributed by atoms with Crippen LogP contribution in [0, 0.1) is 0 Å². The van der Waals surface area contributed by atoms with Gasteiger partial charge in [-0.2, -0.15) is 0 Å². The van der Waals surface area contributed by atoms with Crippen molar-refractivity contribution in [1.29, 1.82) is 0 Å². The molecule has 0 aromatic heterocycles. The Kier molecular flexibility index (Phi) is 16.3. The summed E-state index contributed by atoms with van der Waals surface area (Å²) in [5, 5.41) is 0. The van der Waals surface area contributed by atoms with Gasteiger partial charge in [-0.3, -0.25) is 4.21 Å². The third-order valence-corrected chi connectivity index (χ3v) is 2.47. The Morgan fingerprint density at radius 2 is 1.09 bits per heavy atom. The van der Waals surface area contributed by atoms with Crippen LogP contribution in [0.15, 0.2) is 74.3 Å². The standard InChI is InChI=1S/C10H10.C8H8.Na.H2O3S/c1-3-9-7-5-6-8-10(9)4-2;1-2-8-6-4-3-5-7-8;;1-4(2)3/h3-8H,1-2H2;2-7H,1H2;;(H2,1,2,3)/q;;+1;/p-2. The minimum absolute atomic E-state index is 0. The van der Waals surface area contributed by atoms with Crippen molar-refractivity contribution in [2.45, 2.75) is 0 Å². The minimum atomic E-state index is -3.11. The van der Waals surface area contributed by atoms with E-state index in [1.165, 1.54) is 5.56 Å². The minimum Gasteiger partial charge on any atom is -0.784 e. The molecule has 0 fully saturated rings. The molecule has 2 aromatic rings. The zero-order chi connectivity index (χ0) is 16.8. The maximum atomic E-state index is 8.44. The summed E-state index contributed by atoms with van der Waals surface area (Å²) in [5.74, 6) is 0. The van der Waals surface area contributed by atoms with Gasteiger partial charge in [0.25, 0.3) is 0 Å². The summed E-state index contributed by atoms with van der Waals surface area (Å²) in [6, 6.07) is 18.0. The summed E-state index contributed by atoms with van der Waals surface area (Å²) >= 11 is -3.11. The normalized spacial score (nSPS) is 8.30. The second-order valence-corrected chi connectivity index (χ2v) is 4.26. The topological polar surface area (TPSA) is 63.2 Å². The van der Waals surface area contributed by atoms with Crippen LogP contribution in [0.5, 0.6) is 0 Å². The van der Waals surface area contributed by atoms with E-state index in [0.29, 0.717) is 0 Å². The van der Waals surface area contributed by atoms with Gasteiger partial charge < -0.3 is 9.11 Å². The molecule has 5 heteroatoms. The van der Waals surface area contributed by atoms with Crippen molar-refractivity contribution in [3.8, 4) is 0 Å². The monoisotopic (exact) mass is 337 g/mol. The van der Waals surface area contributed by atoms with Gasteiger partial charge in [-0.1, -0.05) is 92.6 Å². The zero-order valence-electron chi connectivity index (χ0n) is 13.2. The van der Waals surface area contributed by atoms with Crippen molar-refractivity contribution in [2.75, 3.05) is 0 Å². The van der Waals surface area contributed by atoms with E-state index in [-0.39, 0.29) is 29.6 Å². The van der Waals surface area contributed by atoms with Crippen LogP contribution in [0.1, 0.15) is 16.7 Å². The Labute approximate surface area is 162 Å². The molecule has 23 heavy (non-hydrogen) atoms. The van der Waals surface area contributed by atoms with Gasteiger partial charge in [0.1, 0.15) is 0 Å². The first kappa shape index (κ1) is 24.0. The molecule has 0 unspecified atom stereocenters. The third-order valence-electron chi connectivity index (χ3n) is 2.47. The van der Waals surface area contributed by atoms with Crippen LogP contribution in [0.4, 0.5) is 0 Å². The fourth-order valence-corrected chi connectivity index (χ4v) is 1.47. The van der Waals surface area contributed by atoms with Gasteiger partial charge in [-0.25, -0.2) is 0 Å². The van der Waals surface area contributed by atoms with Gasteiger partial charge >= 0.3 is 29.6 Å². The van der Waals surface area contributed by atoms with E-state index in [1.807, 2.05) is 72.8 Å². The largest absolute Gasteiger partial charge is 1.00 e. The van der Waals surface area contributed by atoms with E-state index >= 15 is 0 Å². The van der Waals surface area contributed by atoms with Crippen LogP contribution < -0.4 is 29.6 Å². The Balaban J connectivity index is 0. The molecule has 2 aromatic carbocycles. The SMILES string of the molecule is C=Cc1ccccc1.C=Cc1ccccc1C=C.O=S([O-])[O-].[Na+]. The molecule has 0 radical (unpaired) electrons. The van der Waals surface area contributed by atoms with Crippen LogP contribution in [0.2, 0.25) is 0 Å². The van der Waals surface area contributed by atoms with E-state index in [4.69, 9.17) is 13.3 Å².